The van der Waals surface area contributed by atoms with E-state index in [1.165, 1.54) is 66.4 Å². The van der Waals surface area contributed by atoms with Crippen molar-refractivity contribution in [3.05, 3.63) is 223 Å². The van der Waals surface area contributed by atoms with Gasteiger partial charge in [0, 0.05) is 49.8 Å². The molecule has 0 N–H and O–H groups in total. The minimum atomic E-state index is 0.255. The van der Waals surface area contributed by atoms with E-state index in [-0.39, 0.29) is 5.92 Å². The minimum absolute atomic E-state index is 0.255. The van der Waals surface area contributed by atoms with Crippen molar-refractivity contribution in [2.45, 2.75) is 12.3 Å². The zero-order chi connectivity index (χ0) is 37.5. The van der Waals surface area contributed by atoms with Gasteiger partial charge in [-0.1, -0.05) is 146 Å². The summed E-state index contributed by atoms with van der Waals surface area (Å²) in [6, 6.07) is 70.4. The van der Waals surface area contributed by atoms with Gasteiger partial charge in [0.25, 0.3) is 0 Å². The summed E-state index contributed by atoms with van der Waals surface area (Å²) in [5.41, 5.74) is 16.5. The Bertz CT molecular complexity index is 3360. The van der Waals surface area contributed by atoms with E-state index < -0.39 is 0 Å². The molecular formula is C54H36N2O. The maximum absolute atomic E-state index is 6.56. The third kappa shape index (κ3) is 4.92. The van der Waals surface area contributed by atoms with Crippen molar-refractivity contribution in [1.82, 2.24) is 9.13 Å². The van der Waals surface area contributed by atoms with Gasteiger partial charge >= 0.3 is 0 Å². The number of aromatic nitrogens is 2. The molecule has 1 aliphatic carbocycles. The molecule has 57 heavy (non-hydrogen) atoms. The lowest BCUT2D eigenvalue weighted by Gasteiger charge is -2.25. The molecule has 12 rings (SSSR count). The predicted octanol–water partition coefficient (Wildman–Crippen LogP) is 14.1. The molecule has 0 saturated heterocycles. The van der Waals surface area contributed by atoms with Crippen LogP contribution in [0.25, 0.3) is 82.7 Å². The molecule has 0 amide bonds. The van der Waals surface area contributed by atoms with Gasteiger partial charge in [0.1, 0.15) is 5.58 Å². The standard InChI is InChI=1S/C54H36N2O/c1-4-15-35(16-5-1)39-33-44(36-17-6-2-7-18-36)53-46-32-38(28-30-49(46)55(51(53)34-39)40-19-8-3-9-20-40)37-27-29-48-45(31-37)41-21-10-12-24-47(41)56(48)50-25-14-23-43-42-22-11-13-26-52(42)57-54(43)50/h1-33,39H,34H2. The first-order valence-electron chi connectivity index (χ1n) is 19.8. The number of furan rings is 1. The second-order valence-corrected chi connectivity index (χ2v) is 15.2. The van der Waals surface area contributed by atoms with Crippen LogP contribution in [0.3, 0.4) is 0 Å². The molecule has 1 atom stereocenters. The van der Waals surface area contributed by atoms with Crippen molar-refractivity contribution in [3.8, 4) is 22.5 Å². The van der Waals surface area contributed by atoms with E-state index in [2.05, 4.69) is 203 Å². The molecule has 0 spiro atoms. The van der Waals surface area contributed by atoms with Crippen LogP contribution in [0.4, 0.5) is 0 Å². The van der Waals surface area contributed by atoms with Crippen molar-refractivity contribution in [3.63, 3.8) is 0 Å². The van der Waals surface area contributed by atoms with E-state index in [9.17, 15) is 0 Å². The molecule has 0 saturated carbocycles. The Morgan fingerprint density at radius 1 is 0.439 bits per heavy atom. The molecule has 3 heteroatoms. The van der Waals surface area contributed by atoms with Crippen molar-refractivity contribution >= 4 is 60.2 Å². The maximum atomic E-state index is 6.56. The van der Waals surface area contributed by atoms with Crippen LogP contribution in [0.1, 0.15) is 28.3 Å². The highest BCUT2D eigenvalue weighted by Gasteiger charge is 2.29. The van der Waals surface area contributed by atoms with E-state index >= 15 is 0 Å². The number of hydrogen-bond donors (Lipinski definition) is 0. The van der Waals surface area contributed by atoms with Crippen LogP contribution in [0.2, 0.25) is 0 Å². The number of fused-ring (bicyclic) bond motifs is 9. The molecule has 8 aromatic carbocycles. The van der Waals surface area contributed by atoms with Crippen molar-refractivity contribution in [2.24, 2.45) is 0 Å². The van der Waals surface area contributed by atoms with Gasteiger partial charge in [0.2, 0.25) is 0 Å². The lowest BCUT2D eigenvalue weighted by atomic mass is 9.81. The monoisotopic (exact) mass is 728 g/mol. The van der Waals surface area contributed by atoms with Gasteiger partial charge in [-0.2, -0.15) is 0 Å². The van der Waals surface area contributed by atoms with Gasteiger partial charge in [-0.25, -0.2) is 0 Å². The molecule has 1 unspecified atom stereocenters. The Balaban J connectivity index is 1.08. The molecule has 0 bridgehead atoms. The van der Waals surface area contributed by atoms with Gasteiger partial charge in [-0.05, 0) is 88.8 Å². The summed E-state index contributed by atoms with van der Waals surface area (Å²) >= 11 is 0. The summed E-state index contributed by atoms with van der Waals surface area (Å²) in [5.74, 6) is 0.255. The fourth-order valence-electron chi connectivity index (χ4n) is 9.53. The molecule has 3 aromatic heterocycles. The number of rotatable bonds is 5. The molecule has 3 heterocycles. The molecule has 3 nitrogen and oxygen atoms in total. The fourth-order valence-corrected chi connectivity index (χ4v) is 9.53. The van der Waals surface area contributed by atoms with Gasteiger partial charge in [0.05, 0.1) is 22.2 Å². The van der Waals surface area contributed by atoms with E-state index in [1.807, 2.05) is 6.07 Å². The third-order valence-electron chi connectivity index (χ3n) is 12.1. The van der Waals surface area contributed by atoms with Gasteiger partial charge in [-0.15, -0.1) is 0 Å². The second-order valence-electron chi connectivity index (χ2n) is 15.2. The zero-order valence-corrected chi connectivity index (χ0v) is 31.1. The molecule has 268 valence electrons. The van der Waals surface area contributed by atoms with E-state index in [0.29, 0.717) is 0 Å². The third-order valence-corrected chi connectivity index (χ3v) is 12.1. The number of hydrogen-bond acceptors (Lipinski definition) is 1. The highest BCUT2D eigenvalue weighted by Crippen LogP contribution is 2.46. The van der Waals surface area contributed by atoms with Crippen molar-refractivity contribution in [1.29, 1.82) is 0 Å². The number of para-hydroxylation sites is 4. The molecule has 11 aromatic rings. The summed E-state index contributed by atoms with van der Waals surface area (Å²) in [7, 11) is 0. The van der Waals surface area contributed by atoms with E-state index in [1.54, 1.807) is 0 Å². The topological polar surface area (TPSA) is 23.0 Å². The molecule has 1 aliphatic rings. The molecule has 0 aliphatic heterocycles. The molecular weight excluding hydrogens is 693 g/mol. The Morgan fingerprint density at radius 3 is 1.84 bits per heavy atom. The average Bonchev–Trinajstić information content (AvgIpc) is 3.94. The first-order chi connectivity index (χ1) is 28.3. The first kappa shape index (κ1) is 31.9. The lowest BCUT2D eigenvalue weighted by Crippen LogP contribution is -2.12. The highest BCUT2D eigenvalue weighted by molar-refractivity contribution is 6.13. The number of allylic oxidation sites excluding steroid dienone is 1. The van der Waals surface area contributed by atoms with Crippen LogP contribution in [0.5, 0.6) is 0 Å². The fraction of sp³-hybridized carbons (Fsp3) is 0.0370. The van der Waals surface area contributed by atoms with Crippen LogP contribution in [-0.2, 0) is 6.42 Å². The van der Waals surface area contributed by atoms with Crippen LogP contribution in [0, 0.1) is 0 Å². The normalized spacial score (nSPS) is 14.2. The van der Waals surface area contributed by atoms with Crippen LogP contribution < -0.4 is 0 Å². The average molecular weight is 729 g/mol. The van der Waals surface area contributed by atoms with Crippen molar-refractivity contribution < 1.29 is 4.42 Å². The summed E-state index contributed by atoms with van der Waals surface area (Å²) in [6.07, 6.45) is 3.43. The Hall–Kier alpha value is -7.36. The van der Waals surface area contributed by atoms with Crippen LogP contribution in [-0.4, -0.2) is 9.13 Å². The van der Waals surface area contributed by atoms with E-state index in [4.69, 9.17) is 4.42 Å². The largest absolute Gasteiger partial charge is 0.454 e. The maximum Gasteiger partial charge on any atom is 0.159 e. The first-order valence-corrected chi connectivity index (χ1v) is 19.8. The molecule has 0 fully saturated rings. The minimum Gasteiger partial charge on any atom is -0.454 e. The predicted molar refractivity (Wildman–Crippen MR) is 237 cm³/mol. The van der Waals surface area contributed by atoms with Crippen LogP contribution >= 0.6 is 0 Å². The Labute approximate surface area is 330 Å². The lowest BCUT2D eigenvalue weighted by molar-refractivity contribution is 0.666. The van der Waals surface area contributed by atoms with Crippen molar-refractivity contribution in [2.75, 3.05) is 0 Å². The summed E-state index contributed by atoms with van der Waals surface area (Å²) in [4.78, 5) is 0. The van der Waals surface area contributed by atoms with Crippen LogP contribution in [0.15, 0.2) is 205 Å². The Morgan fingerprint density at radius 2 is 1.05 bits per heavy atom. The summed E-state index contributed by atoms with van der Waals surface area (Å²) in [5, 5.41) is 5.97. The van der Waals surface area contributed by atoms with Gasteiger partial charge in [-0.3, -0.25) is 0 Å². The number of nitrogens with zero attached hydrogens (tertiary/aromatic N) is 2. The SMILES string of the molecule is C1=C(c2ccccc2)c2c(n(-c3ccccc3)c3ccc(-c4ccc5c(c4)c4ccccc4n5-c4cccc5c4oc4ccccc45)cc23)CC1c1ccccc1. The van der Waals surface area contributed by atoms with Gasteiger partial charge in [0.15, 0.2) is 5.58 Å². The summed E-state index contributed by atoms with van der Waals surface area (Å²) in [6.45, 7) is 0. The number of benzene rings is 8. The zero-order valence-electron chi connectivity index (χ0n) is 31.1. The highest BCUT2D eigenvalue weighted by atomic mass is 16.3. The van der Waals surface area contributed by atoms with E-state index in [0.717, 1.165) is 45.1 Å². The quantitative estimate of drug-likeness (QED) is 0.173. The molecule has 0 radical (unpaired) electrons. The second kappa shape index (κ2) is 12.6. The Kier molecular flexibility index (Phi) is 7.05. The smallest absolute Gasteiger partial charge is 0.159 e. The van der Waals surface area contributed by atoms with Gasteiger partial charge < -0.3 is 13.6 Å². The summed E-state index contributed by atoms with van der Waals surface area (Å²) < 4.78 is 11.4.